The van der Waals surface area contributed by atoms with Crippen LogP contribution in [-0.2, 0) is 14.3 Å². The van der Waals surface area contributed by atoms with E-state index in [0.717, 1.165) is 25.7 Å². The number of hydrogen-bond donors (Lipinski definition) is 1. The topological polar surface area (TPSA) is 66.9 Å². The molecular formula is C21H28O4. The lowest BCUT2D eigenvalue weighted by atomic mass is 9.45. The van der Waals surface area contributed by atoms with Crippen molar-refractivity contribution in [3.05, 3.63) is 11.6 Å². The van der Waals surface area contributed by atoms with E-state index in [-0.39, 0.29) is 34.4 Å². The Morgan fingerprint density at radius 3 is 2.80 bits per heavy atom. The fraction of sp³-hybridized carbons (Fsp3) is 0.810. The monoisotopic (exact) mass is 344 g/mol. The third-order valence-electron chi connectivity index (χ3n) is 8.85. The molecule has 5 rings (SSSR count). The predicted octanol–water partition coefficient (Wildman–Crippen LogP) is 2.83. The number of rotatable bonds is 1. The molecule has 1 heterocycles. The fourth-order valence-electron chi connectivity index (χ4n) is 7.75. The predicted molar refractivity (Wildman–Crippen MR) is 91.8 cm³/mol. The highest BCUT2D eigenvalue weighted by atomic mass is 16.6. The minimum absolute atomic E-state index is 0.0589. The molecule has 4 aliphatic carbocycles. The van der Waals surface area contributed by atoms with Crippen LogP contribution in [0.3, 0.4) is 0 Å². The van der Waals surface area contributed by atoms with E-state index in [4.69, 9.17) is 4.74 Å². The number of Topliss-reactive ketones (excluding diaryl/α,β-unsaturated/α-hetero) is 1. The van der Waals surface area contributed by atoms with Crippen LogP contribution >= 0.6 is 0 Å². The van der Waals surface area contributed by atoms with Crippen LogP contribution in [0.25, 0.3) is 0 Å². The molecule has 0 bridgehead atoms. The highest BCUT2D eigenvalue weighted by Gasteiger charge is 2.80. The van der Waals surface area contributed by atoms with Crippen molar-refractivity contribution in [1.29, 1.82) is 0 Å². The summed E-state index contributed by atoms with van der Waals surface area (Å²) in [6.45, 7) is 6.10. The van der Waals surface area contributed by atoms with Gasteiger partial charge in [-0.05, 0) is 68.3 Å². The molecule has 1 unspecified atom stereocenters. The number of carbonyl (C=O) groups excluding carboxylic acids is 2. The van der Waals surface area contributed by atoms with Crippen LogP contribution < -0.4 is 0 Å². The van der Waals surface area contributed by atoms with Crippen LogP contribution in [0, 0.1) is 28.6 Å². The Balaban J connectivity index is 1.56. The SMILES string of the molecule is CC(=O)[C@@]12O[C@@H]1C[C@H]1[C@@H]3CCC4=CC(=O)CC[C@]4(C)C3[C@@H](O)C[C@@]12C. The summed E-state index contributed by atoms with van der Waals surface area (Å²) in [7, 11) is 0. The normalized spacial score (nSPS) is 56.2. The van der Waals surface area contributed by atoms with Crippen LogP contribution in [0.2, 0.25) is 0 Å². The van der Waals surface area contributed by atoms with Gasteiger partial charge in [-0.25, -0.2) is 0 Å². The fourth-order valence-corrected chi connectivity index (χ4v) is 7.75. The molecule has 0 aromatic rings. The summed E-state index contributed by atoms with van der Waals surface area (Å²) < 4.78 is 5.93. The zero-order valence-corrected chi connectivity index (χ0v) is 15.4. The lowest BCUT2D eigenvalue weighted by molar-refractivity contribution is -0.158. The maximum atomic E-state index is 12.4. The van der Waals surface area contributed by atoms with E-state index in [9.17, 15) is 14.7 Å². The average Bonchev–Trinajstić information content (AvgIpc) is 3.22. The quantitative estimate of drug-likeness (QED) is 0.743. The first kappa shape index (κ1) is 16.2. The van der Waals surface area contributed by atoms with Gasteiger partial charge in [0.25, 0.3) is 0 Å². The number of aliphatic hydroxyl groups is 1. The van der Waals surface area contributed by atoms with Gasteiger partial charge in [0.05, 0.1) is 12.2 Å². The zero-order chi connectivity index (χ0) is 17.8. The molecule has 1 aliphatic heterocycles. The Morgan fingerprint density at radius 2 is 2.08 bits per heavy atom. The summed E-state index contributed by atoms with van der Waals surface area (Å²) in [4.78, 5) is 24.3. The van der Waals surface area contributed by atoms with Crippen LogP contribution in [0.15, 0.2) is 11.6 Å². The van der Waals surface area contributed by atoms with E-state index in [0.29, 0.717) is 24.7 Å². The van der Waals surface area contributed by atoms with Gasteiger partial charge in [-0.15, -0.1) is 0 Å². The Kier molecular flexibility index (Phi) is 3.00. The number of epoxide rings is 1. The largest absolute Gasteiger partial charge is 0.393 e. The van der Waals surface area contributed by atoms with Crippen molar-refractivity contribution in [3.63, 3.8) is 0 Å². The van der Waals surface area contributed by atoms with E-state index >= 15 is 0 Å². The zero-order valence-electron chi connectivity index (χ0n) is 15.4. The van der Waals surface area contributed by atoms with Crippen LogP contribution in [0.1, 0.15) is 59.3 Å². The highest BCUT2D eigenvalue weighted by Crippen LogP contribution is 2.73. The van der Waals surface area contributed by atoms with Crippen molar-refractivity contribution in [1.82, 2.24) is 0 Å². The lowest BCUT2D eigenvalue weighted by Gasteiger charge is -2.60. The molecular weight excluding hydrogens is 316 g/mol. The number of fused-ring (bicyclic) bond motifs is 7. The third kappa shape index (κ3) is 1.71. The lowest BCUT2D eigenvalue weighted by Crippen LogP contribution is -2.59. The molecule has 5 aliphatic rings. The van der Waals surface area contributed by atoms with Crippen molar-refractivity contribution in [3.8, 4) is 0 Å². The molecule has 8 atom stereocenters. The van der Waals surface area contributed by atoms with Crippen molar-refractivity contribution >= 4 is 11.6 Å². The summed E-state index contributed by atoms with van der Waals surface area (Å²) in [6, 6.07) is 0. The first-order chi connectivity index (χ1) is 11.7. The van der Waals surface area contributed by atoms with Gasteiger partial charge in [0.1, 0.15) is 0 Å². The van der Waals surface area contributed by atoms with Crippen molar-refractivity contribution < 1.29 is 19.4 Å². The first-order valence-electron chi connectivity index (χ1n) is 9.85. The number of hydrogen-bond acceptors (Lipinski definition) is 4. The molecule has 4 heteroatoms. The van der Waals surface area contributed by atoms with Crippen LogP contribution in [0.4, 0.5) is 0 Å². The minimum atomic E-state index is -0.636. The van der Waals surface area contributed by atoms with Gasteiger partial charge >= 0.3 is 0 Å². The summed E-state index contributed by atoms with van der Waals surface area (Å²) in [5, 5.41) is 11.2. The van der Waals surface area contributed by atoms with E-state index < -0.39 is 11.7 Å². The number of ketones is 2. The molecule has 25 heavy (non-hydrogen) atoms. The Hall–Kier alpha value is -1.00. The molecule has 0 spiro atoms. The second-order valence-corrected chi connectivity index (χ2v) is 9.71. The maximum Gasteiger partial charge on any atom is 0.164 e. The van der Waals surface area contributed by atoms with Crippen molar-refractivity contribution in [2.45, 2.75) is 77.1 Å². The van der Waals surface area contributed by atoms with Gasteiger partial charge in [-0.2, -0.15) is 0 Å². The summed E-state index contributed by atoms with van der Waals surface area (Å²) >= 11 is 0. The molecule has 0 aromatic carbocycles. The van der Waals surface area contributed by atoms with E-state index in [1.165, 1.54) is 5.57 Å². The summed E-state index contributed by atoms with van der Waals surface area (Å²) in [5.41, 5.74) is 0.317. The smallest absolute Gasteiger partial charge is 0.164 e. The first-order valence-corrected chi connectivity index (χ1v) is 9.85. The van der Waals surface area contributed by atoms with Gasteiger partial charge < -0.3 is 9.84 Å². The molecule has 136 valence electrons. The average molecular weight is 344 g/mol. The number of aliphatic hydroxyl groups excluding tert-OH is 1. The van der Waals surface area contributed by atoms with Gasteiger partial charge in [0, 0.05) is 11.8 Å². The molecule has 0 amide bonds. The molecule has 0 aromatic heterocycles. The molecule has 1 saturated heterocycles. The van der Waals surface area contributed by atoms with Gasteiger partial charge in [-0.1, -0.05) is 19.4 Å². The number of ether oxygens (including phenoxy) is 1. The Bertz CT molecular complexity index is 711. The van der Waals surface area contributed by atoms with Crippen molar-refractivity contribution in [2.75, 3.05) is 0 Å². The third-order valence-corrected chi connectivity index (χ3v) is 8.85. The molecule has 4 fully saturated rings. The maximum absolute atomic E-state index is 12.4. The summed E-state index contributed by atoms with van der Waals surface area (Å²) in [5.74, 6) is 1.46. The second kappa shape index (κ2) is 4.64. The molecule has 0 radical (unpaired) electrons. The molecule has 1 N–H and O–H groups in total. The van der Waals surface area contributed by atoms with Crippen LogP contribution in [0.5, 0.6) is 0 Å². The van der Waals surface area contributed by atoms with Gasteiger partial charge in [0.2, 0.25) is 0 Å². The second-order valence-electron chi connectivity index (χ2n) is 9.71. The Morgan fingerprint density at radius 1 is 1.32 bits per heavy atom. The highest BCUT2D eigenvalue weighted by molar-refractivity contribution is 5.92. The van der Waals surface area contributed by atoms with Gasteiger partial charge in [-0.3, -0.25) is 9.59 Å². The van der Waals surface area contributed by atoms with Gasteiger partial charge in [0.15, 0.2) is 17.2 Å². The Labute approximate surface area is 149 Å². The number of allylic oxidation sites excluding steroid dienone is 1. The molecule has 3 saturated carbocycles. The number of carbonyl (C=O) groups is 2. The van der Waals surface area contributed by atoms with E-state index in [1.54, 1.807) is 6.92 Å². The van der Waals surface area contributed by atoms with Crippen molar-refractivity contribution in [2.24, 2.45) is 28.6 Å². The minimum Gasteiger partial charge on any atom is -0.393 e. The van der Waals surface area contributed by atoms with E-state index in [2.05, 4.69) is 13.8 Å². The van der Waals surface area contributed by atoms with E-state index in [1.807, 2.05) is 6.08 Å². The van der Waals surface area contributed by atoms with Crippen LogP contribution in [-0.4, -0.2) is 34.5 Å². The molecule has 4 nitrogen and oxygen atoms in total. The standard InChI is InChI=1S/C21H28O4/c1-11(22)21-17(25-21)9-15-14-5-4-12-8-13(23)6-7-19(12,2)18(14)16(24)10-20(15,21)3/h8,14-18,24H,4-7,9-10H2,1-3H3/t14-,15-,16-,17+,18?,19-,20-,21+/m0/s1. The summed E-state index contributed by atoms with van der Waals surface area (Å²) in [6.07, 6.45) is 6.54.